The highest BCUT2D eigenvalue weighted by atomic mass is 35.5. The van der Waals surface area contributed by atoms with Gasteiger partial charge < -0.3 is 14.6 Å². The Morgan fingerprint density at radius 2 is 2.04 bits per heavy atom. The number of nitrogens with one attached hydrogen (secondary N) is 1. The maximum atomic E-state index is 12.6. The van der Waals surface area contributed by atoms with E-state index >= 15 is 0 Å². The number of nitrogens with zero attached hydrogens (tertiary/aromatic N) is 2. The molecule has 28 heavy (non-hydrogen) atoms. The molecule has 1 aromatic heterocycles. The van der Waals surface area contributed by atoms with Crippen molar-refractivity contribution in [3.05, 3.63) is 68.7 Å². The van der Waals surface area contributed by atoms with Gasteiger partial charge in [0.2, 0.25) is 0 Å². The second kappa shape index (κ2) is 8.44. The van der Waals surface area contributed by atoms with Crippen molar-refractivity contribution in [1.82, 2.24) is 14.9 Å². The van der Waals surface area contributed by atoms with E-state index in [1.54, 1.807) is 23.1 Å². The Balaban J connectivity index is 1.74. The maximum Gasteiger partial charge on any atom is 0.260 e. The van der Waals surface area contributed by atoms with Gasteiger partial charge in [-0.05, 0) is 56.2 Å². The van der Waals surface area contributed by atoms with Crippen LogP contribution in [0.2, 0.25) is 5.02 Å². The summed E-state index contributed by atoms with van der Waals surface area (Å²) in [4.78, 5) is 33.6. The first-order valence-corrected chi connectivity index (χ1v) is 9.42. The number of benzene rings is 2. The van der Waals surface area contributed by atoms with E-state index in [4.69, 9.17) is 16.3 Å². The molecular weight excluding hydrogens is 378 g/mol. The summed E-state index contributed by atoms with van der Waals surface area (Å²) in [6.07, 6.45) is 0. The molecule has 0 spiro atoms. The number of amides is 1. The summed E-state index contributed by atoms with van der Waals surface area (Å²) in [7, 11) is 0. The van der Waals surface area contributed by atoms with E-state index in [0.29, 0.717) is 34.0 Å². The van der Waals surface area contributed by atoms with Crippen molar-refractivity contribution in [3.8, 4) is 5.75 Å². The van der Waals surface area contributed by atoms with Crippen molar-refractivity contribution < 1.29 is 9.53 Å². The summed E-state index contributed by atoms with van der Waals surface area (Å²) < 4.78 is 5.71. The van der Waals surface area contributed by atoms with Crippen molar-refractivity contribution in [2.45, 2.75) is 27.3 Å². The molecule has 0 saturated heterocycles. The third kappa shape index (κ3) is 4.34. The molecule has 0 bridgehead atoms. The average Bonchev–Trinajstić information content (AvgIpc) is 2.66. The van der Waals surface area contributed by atoms with Gasteiger partial charge >= 0.3 is 0 Å². The fraction of sp³-hybridized carbons (Fsp3) is 0.286. The predicted octanol–water partition coefficient (Wildman–Crippen LogP) is 3.62. The minimum atomic E-state index is -0.258. The van der Waals surface area contributed by atoms with Gasteiger partial charge in [0.25, 0.3) is 11.5 Å². The lowest BCUT2D eigenvalue weighted by Gasteiger charge is -2.21. The third-order valence-electron chi connectivity index (χ3n) is 4.70. The molecule has 1 heterocycles. The van der Waals surface area contributed by atoms with Crippen LogP contribution in [0.15, 0.2) is 41.2 Å². The van der Waals surface area contributed by atoms with Crippen molar-refractivity contribution >= 4 is 28.4 Å². The van der Waals surface area contributed by atoms with Crippen LogP contribution in [0.25, 0.3) is 10.9 Å². The lowest BCUT2D eigenvalue weighted by Crippen LogP contribution is -2.35. The van der Waals surface area contributed by atoms with E-state index in [9.17, 15) is 9.59 Å². The number of ether oxygens (including phenoxy) is 1. The lowest BCUT2D eigenvalue weighted by atomic mass is 10.1. The first kappa shape index (κ1) is 19.9. The number of hydrogen-bond acceptors (Lipinski definition) is 4. The van der Waals surface area contributed by atoms with Crippen molar-refractivity contribution in [1.29, 1.82) is 0 Å². The maximum absolute atomic E-state index is 12.6. The number of carbonyl (C=O) groups is 1. The van der Waals surface area contributed by atoms with Crippen LogP contribution in [-0.4, -0.2) is 33.9 Å². The van der Waals surface area contributed by atoms with Gasteiger partial charge in [0.1, 0.15) is 11.6 Å². The first-order chi connectivity index (χ1) is 13.4. The van der Waals surface area contributed by atoms with Gasteiger partial charge in [0.15, 0.2) is 6.61 Å². The first-order valence-electron chi connectivity index (χ1n) is 9.04. The molecule has 6 nitrogen and oxygen atoms in total. The van der Waals surface area contributed by atoms with Gasteiger partial charge in [-0.1, -0.05) is 23.7 Å². The van der Waals surface area contributed by atoms with Crippen LogP contribution in [0, 0.1) is 13.8 Å². The Kier molecular flexibility index (Phi) is 5.99. The quantitative estimate of drug-likeness (QED) is 0.686. The number of aromatic nitrogens is 2. The number of fused-ring (bicyclic) bond motifs is 1. The van der Waals surface area contributed by atoms with Crippen LogP contribution in [0.1, 0.15) is 23.9 Å². The molecule has 0 aliphatic heterocycles. The van der Waals surface area contributed by atoms with Crippen molar-refractivity contribution in [2.24, 2.45) is 0 Å². The molecule has 7 heteroatoms. The fourth-order valence-electron chi connectivity index (χ4n) is 2.90. The zero-order valence-electron chi connectivity index (χ0n) is 16.1. The van der Waals surface area contributed by atoms with Crippen molar-refractivity contribution in [2.75, 3.05) is 13.2 Å². The zero-order valence-corrected chi connectivity index (χ0v) is 16.8. The number of hydrogen-bond donors (Lipinski definition) is 1. The smallest absolute Gasteiger partial charge is 0.260 e. The Hall–Kier alpha value is -2.86. The molecule has 0 saturated carbocycles. The van der Waals surface area contributed by atoms with Gasteiger partial charge in [-0.2, -0.15) is 0 Å². The normalized spacial score (nSPS) is 10.9. The largest absolute Gasteiger partial charge is 0.483 e. The number of carbonyl (C=O) groups excluding carboxylic acids is 1. The molecule has 0 aliphatic carbocycles. The molecule has 146 valence electrons. The topological polar surface area (TPSA) is 75.3 Å². The summed E-state index contributed by atoms with van der Waals surface area (Å²) in [5.74, 6) is 0.912. The Morgan fingerprint density at radius 1 is 1.25 bits per heavy atom. The fourth-order valence-corrected chi connectivity index (χ4v) is 3.07. The standard InChI is InChI=1S/C21H22ClN3O3/c1-4-25(20(26)12-28-18-7-5-6-13(2)14(18)3)11-19-23-17-10-15(22)8-9-16(17)21(27)24-19/h5-10H,4,11-12H2,1-3H3,(H,23,24,27). The molecule has 2 aromatic carbocycles. The minimum absolute atomic E-state index is 0.0816. The number of aryl methyl sites for hydroxylation is 1. The number of likely N-dealkylation sites (N-methyl/N-ethyl adjacent to an activating group) is 1. The van der Waals surface area contributed by atoms with Crippen LogP contribution in [-0.2, 0) is 11.3 Å². The van der Waals surface area contributed by atoms with E-state index in [-0.39, 0.29) is 24.6 Å². The highest BCUT2D eigenvalue weighted by Gasteiger charge is 2.16. The van der Waals surface area contributed by atoms with E-state index in [1.165, 1.54) is 0 Å². The van der Waals surface area contributed by atoms with E-state index in [0.717, 1.165) is 11.1 Å². The number of halogens is 1. The highest BCUT2D eigenvalue weighted by molar-refractivity contribution is 6.31. The highest BCUT2D eigenvalue weighted by Crippen LogP contribution is 2.20. The molecular formula is C21H22ClN3O3. The third-order valence-corrected chi connectivity index (χ3v) is 4.93. The molecule has 3 aromatic rings. The molecule has 0 unspecified atom stereocenters. The summed E-state index contributed by atoms with van der Waals surface area (Å²) >= 11 is 6.00. The van der Waals surface area contributed by atoms with Crippen molar-refractivity contribution in [3.63, 3.8) is 0 Å². The van der Waals surface area contributed by atoms with E-state index in [2.05, 4.69) is 9.97 Å². The summed E-state index contributed by atoms with van der Waals surface area (Å²) in [5.41, 5.74) is 2.36. The molecule has 0 radical (unpaired) electrons. The van der Waals surface area contributed by atoms with Crippen LogP contribution in [0.5, 0.6) is 5.75 Å². The summed E-state index contributed by atoms with van der Waals surface area (Å²) in [6.45, 7) is 6.39. The summed E-state index contributed by atoms with van der Waals surface area (Å²) in [6, 6.07) is 10.7. The van der Waals surface area contributed by atoms with Gasteiger partial charge in [-0.15, -0.1) is 0 Å². The molecule has 0 aliphatic rings. The van der Waals surface area contributed by atoms with Gasteiger partial charge in [0, 0.05) is 11.6 Å². The predicted molar refractivity (Wildman–Crippen MR) is 110 cm³/mol. The lowest BCUT2D eigenvalue weighted by molar-refractivity contribution is -0.133. The molecule has 0 fully saturated rings. The average molecular weight is 400 g/mol. The Bertz CT molecular complexity index is 1080. The van der Waals surface area contributed by atoms with Crippen LogP contribution in [0.4, 0.5) is 0 Å². The van der Waals surface area contributed by atoms with Crippen LogP contribution in [0.3, 0.4) is 0 Å². The molecule has 1 amide bonds. The Labute approximate surface area is 168 Å². The molecule has 3 rings (SSSR count). The Morgan fingerprint density at radius 3 is 2.79 bits per heavy atom. The summed E-state index contributed by atoms with van der Waals surface area (Å²) in [5, 5.41) is 0.961. The number of H-pyrrole nitrogens is 1. The van der Waals surface area contributed by atoms with Crippen LogP contribution < -0.4 is 10.3 Å². The number of rotatable bonds is 6. The van der Waals surface area contributed by atoms with E-state index < -0.39 is 0 Å². The zero-order chi connectivity index (χ0) is 20.3. The number of aromatic amines is 1. The second-order valence-corrected chi connectivity index (χ2v) is 7.01. The van der Waals surface area contributed by atoms with Gasteiger partial charge in [-0.25, -0.2) is 4.98 Å². The van der Waals surface area contributed by atoms with E-state index in [1.807, 2.05) is 39.0 Å². The van der Waals surface area contributed by atoms with Gasteiger partial charge in [-0.3, -0.25) is 9.59 Å². The molecule has 1 N–H and O–H groups in total. The molecule has 0 atom stereocenters. The SMILES string of the molecule is CCN(Cc1nc2cc(Cl)ccc2c(=O)[nH]1)C(=O)COc1cccc(C)c1C. The monoisotopic (exact) mass is 399 g/mol. The van der Waals surface area contributed by atoms with Crippen LogP contribution >= 0.6 is 11.6 Å². The minimum Gasteiger partial charge on any atom is -0.483 e. The second-order valence-electron chi connectivity index (χ2n) is 6.57. The van der Waals surface area contributed by atoms with Gasteiger partial charge in [0.05, 0.1) is 17.4 Å².